The molecule has 17 heavy (non-hydrogen) atoms. The van der Waals surface area contributed by atoms with E-state index in [9.17, 15) is 0 Å². The minimum Gasteiger partial charge on any atom is -0.399 e. The Hall–Kier alpha value is -1.77. The fourth-order valence-electron chi connectivity index (χ4n) is 1.86. The van der Waals surface area contributed by atoms with E-state index in [4.69, 9.17) is 5.73 Å². The summed E-state index contributed by atoms with van der Waals surface area (Å²) < 4.78 is 2.24. The van der Waals surface area contributed by atoms with E-state index in [-0.39, 0.29) is 0 Å². The lowest BCUT2D eigenvalue weighted by molar-refractivity contribution is 0.609. The van der Waals surface area contributed by atoms with Crippen LogP contribution in [0.25, 0.3) is 0 Å². The number of hydrogen-bond acceptors (Lipinski definition) is 2. The van der Waals surface area contributed by atoms with E-state index >= 15 is 0 Å². The number of hydrogen-bond donors (Lipinski definition) is 1. The quantitative estimate of drug-likeness (QED) is 0.801. The smallest absolute Gasteiger partial charge is 0.113 e. The first-order chi connectivity index (χ1) is 8.29. The average molecular weight is 229 g/mol. The average Bonchev–Trinajstić information content (AvgIpc) is 2.77. The third kappa shape index (κ3) is 3.09. The number of aromatic nitrogens is 2. The van der Waals surface area contributed by atoms with Crippen molar-refractivity contribution in [3.8, 4) is 0 Å². The maximum atomic E-state index is 5.67. The summed E-state index contributed by atoms with van der Waals surface area (Å²) in [6.07, 6.45) is 7.21. The molecule has 1 aromatic heterocycles. The highest BCUT2D eigenvalue weighted by atomic mass is 15.1. The van der Waals surface area contributed by atoms with Crippen LogP contribution >= 0.6 is 0 Å². The maximum Gasteiger partial charge on any atom is 0.113 e. The SMILES string of the molecule is CCCCn1ccnc1Cc1ccc(N)cc1. The van der Waals surface area contributed by atoms with Crippen LogP contribution in [0.3, 0.4) is 0 Å². The summed E-state index contributed by atoms with van der Waals surface area (Å²) in [5.74, 6) is 1.13. The zero-order chi connectivity index (χ0) is 12.1. The van der Waals surface area contributed by atoms with Gasteiger partial charge in [-0.1, -0.05) is 25.5 Å². The lowest BCUT2D eigenvalue weighted by atomic mass is 10.1. The minimum atomic E-state index is 0.808. The van der Waals surface area contributed by atoms with Crippen molar-refractivity contribution >= 4 is 5.69 Å². The Morgan fingerprint density at radius 1 is 1.24 bits per heavy atom. The Morgan fingerprint density at radius 3 is 2.71 bits per heavy atom. The number of rotatable bonds is 5. The second-order valence-corrected chi connectivity index (χ2v) is 4.31. The van der Waals surface area contributed by atoms with E-state index in [2.05, 4.69) is 34.8 Å². The standard InChI is InChI=1S/C14H19N3/c1-2-3-9-17-10-8-16-14(17)11-12-4-6-13(15)7-5-12/h4-8,10H,2-3,9,11,15H2,1H3. The van der Waals surface area contributed by atoms with Crippen LogP contribution in [-0.2, 0) is 13.0 Å². The summed E-state index contributed by atoms with van der Waals surface area (Å²) in [5, 5.41) is 0. The van der Waals surface area contributed by atoms with Gasteiger partial charge in [0.05, 0.1) is 0 Å². The molecule has 0 bridgehead atoms. The molecule has 2 N–H and O–H groups in total. The molecule has 0 saturated carbocycles. The summed E-state index contributed by atoms with van der Waals surface area (Å²) in [6.45, 7) is 3.26. The van der Waals surface area contributed by atoms with Gasteiger partial charge in [-0.05, 0) is 24.1 Å². The number of anilines is 1. The molecule has 3 heteroatoms. The van der Waals surface area contributed by atoms with Crippen LogP contribution in [0, 0.1) is 0 Å². The molecule has 90 valence electrons. The molecular formula is C14H19N3. The molecule has 0 fully saturated rings. The van der Waals surface area contributed by atoms with Gasteiger partial charge in [0.25, 0.3) is 0 Å². The van der Waals surface area contributed by atoms with Crippen molar-refractivity contribution in [2.75, 3.05) is 5.73 Å². The molecule has 0 aliphatic rings. The van der Waals surface area contributed by atoms with E-state index in [1.54, 1.807) is 0 Å². The number of imidazole rings is 1. The molecular weight excluding hydrogens is 210 g/mol. The van der Waals surface area contributed by atoms with Crippen LogP contribution < -0.4 is 5.73 Å². The number of aryl methyl sites for hydroxylation is 1. The fourth-order valence-corrected chi connectivity index (χ4v) is 1.86. The van der Waals surface area contributed by atoms with Crippen LogP contribution in [0.5, 0.6) is 0 Å². The largest absolute Gasteiger partial charge is 0.399 e. The van der Waals surface area contributed by atoms with Gasteiger partial charge in [0, 0.05) is 31.0 Å². The van der Waals surface area contributed by atoms with Crippen molar-refractivity contribution in [1.29, 1.82) is 0 Å². The van der Waals surface area contributed by atoms with Crippen LogP contribution in [0.15, 0.2) is 36.7 Å². The molecule has 0 aliphatic carbocycles. The van der Waals surface area contributed by atoms with Gasteiger partial charge in [0.2, 0.25) is 0 Å². The maximum absolute atomic E-state index is 5.67. The fraction of sp³-hybridized carbons (Fsp3) is 0.357. The van der Waals surface area contributed by atoms with Gasteiger partial charge in [-0.2, -0.15) is 0 Å². The lowest BCUT2D eigenvalue weighted by Crippen LogP contribution is -2.04. The van der Waals surface area contributed by atoms with Gasteiger partial charge in [-0.25, -0.2) is 4.98 Å². The number of benzene rings is 1. The molecule has 0 spiro atoms. The zero-order valence-electron chi connectivity index (χ0n) is 10.3. The summed E-state index contributed by atoms with van der Waals surface area (Å²) in [4.78, 5) is 4.42. The highest BCUT2D eigenvalue weighted by Crippen LogP contribution is 2.11. The lowest BCUT2D eigenvalue weighted by Gasteiger charge is -2.07. The number of nitrogens with zero attached hydrogens (tertiary/aromatic N) is 2. The highest BCUT2D eigenvalue weighted by Gasteiger charge is 2.03. The monoisotopic (exact) mass is 229 g/mol. The summed E-state index contributed by atoms with van der Waals surface area (Å²) in [7, 11) is 0. The highest BCUT2D eigenvalue weighted by molar-refractivity contribution is 5.39. The van der Waals surface area contributed by atoms with Gasteiger partial charge in [-0.15, -0.1) is 0 Å². The summed E-state index contributed by atoms with van der Waals surface area (Å²) >= 11 is 0. The van der Waals surface area contributed by atoms with E-state index < -0.39 is 0 Å². The van der Waals surface area contributed by atoms with E-state index in [1.165, 1.54) is 18.4 Å². The number of nitrogen functional groups attached to an aromatic ring is 1. The normalized spacial score (nSPS) is 10.6. The Kier molecular flexibility index (Phi) is 3.81. The zero-order valence-corrected chi connectivity index (χ0v) is 10.3. The third-order valence-electron chi connectivity index (χ3n) is 2.90. The molecule has 0 saturated heterocycles. The Balaban J connectivity index is 2.07. The van der Waals surface area contributed by atoms with Crippen molar-refractivity contribution < 1.29 is 0 Å². The van der Waals surface area contributed by atoms with Crippen LogP contribution in [0.1, 0.15) is 31.2 Å². The molecule has 1 heterocycles. The molecule has 0 atom stereocenters. The second-order valence-electron chi connectivity index (χ2n) is 4.31. The first kappa shape index (κ1) is 11.7. The molecule has 1 aromatic carbocycles. The van der Waals surface area contributed by atoms with Gasteiger partial charge in [0.1, 0.15) is 5.82 Å². The van der Waals surface area contributed by atoms with Crippen molar-refractivity contribution in [2.24, 2.45) is 0 Å². The molecule has 3 nitrogen and oxygen atoms in total. The Bertz CT molecular complexity index is 457. The first-order valence-corrected chi connectivity index (χ1v) is 6.14. The van der Waals surface area contributed by atoms with Crippen LogP contribution in [-0.4, -0.2) is 9.55 Å². The number of unbranched alkanes of at least 4 members (excludes halogenated alkanes) is 1. The minimum absolute atomic E-state index is 0.808. The van der Waals surface area contributed by atoms with Crippen LogP contribution in [0.4, 0.5) is 5.69 Å². The van der Waals surface area contributed by atoms with Crippen molar-refractivity contribution in [3.63, 3.8) is 0 Å². The topological polar surface area (TPSA) is 43.8 Å². The first-order valence-electron chi connectivity index (χ1n) is 6.14. The van der Waals surface area contributed by atoms with Gasteiger partial charge in [-0.3, -0.25) is 0 Å². The van der Waals surface area contributed by atoms with E-state index in [0.29, 0.717) is 0 Å². The van der Waals surface area contributed by atoms with E-state index in [1.807, 2.05) is 18.3 Å². The predicted octanol–water partition coefficient (Wildman–Crippen LogP) is 2.86. The molecule has 0 radical (unpaired) electrons. The van der Waals surface area contributed by atoms with Gasteiger partial charge < -0.3 is 10.3 Å². The van der Waals surface area contributed by atoms with Gasteiger partial charge in [0.15, 0.2) is 0 Å². The van der Waals surface area contributed by atoms with Crippen molar-refractivity contribution in [3.05, 3.63) is 48.0 Å². The molecule has 2 rings (SSSR count). The summed E-state index contributed by atoms with van der Waals surface area (Å²) in [6, 6.07) is 8.01. The van der Waals surface area contributed by atoms with Crippen molar-refractivity contribution in [1.82, 2.24) is 9.55 Å². The molecule has 0 amide bonds. The van der Waals surface area contributed by atoms with Crippen molar-refractivity contribution in [2.45, 2.75) is 32.7 Å². The Morgan fingerprint density at radius 2 is 2.00 bits per heavy atom. The predicted molar refractivity (Wildman–Crippen MR) is 70.8 cm³/mol. The van der Waals surface area contributed by atoms with Crippen LogP contribution in [0.2, 0.25) is 0 Å². The third-order valence-corrected chi connectivity index (χ3v) is 2.90. The number of nitrogens with two attached hydrogens (primary N) is 1. The molecule has 0 unspecified atom stereocenters. The summed E-state index contributed by atoms with van der Waals surface area (Å²) in [5.41, 5.74) is 7.74. The Labute approximate surface area is 102 Å². The van der Waals surface area contributed by atoms with Gasteiger partial charge >= 0.3 is 0 Å². The second kappa shape index (κ2) is 5.53. The van der Waals surface area contributed by atoms with E-state index in [0.717, 1.165) is 24.5 Å². The molecule has 0 aliphatic heterocycles. The molecule has 2 aromatic rings.